The minimum atomic E-state index is -0.242. The molecule has 0 aliphatic heterocycles. The number of benzene rings is 2. The van der Waals surface area contributed by atoms with E-state index < -0.39 is 0 Å². The van der Waals surface area contributed by atoms with Crippen molar-refractivity contribution in [2.24, 2.45) is 0 Å². The molecule has 0 fully saturated rings. The van der Waals surface area contributed by atoms with Gasteiger partial charge in [0.15, 0.2) is 0 Å². The van der Waals surface area contributed by atoms with Gasteiger partial charge in [0.25, 0.3) is 0 Å². The molecule has 0 atom stereocenters. The van der Waals surface area contributed by atoms with Gasteiger partial charge < -0.3 is 10.2 Å². The molecule has 2 aromatic carbocycles. The van der Waals surface area contributed by atoms with Crippen LogP contribution in [0.15, 0.2) is 59.5 Å². The third kappa shape index (κ3) is 6.35. The van der Waals surface area contributed by atoms with Crippen LogP contribution in [0.5, 0.6) is 0 Å². The maximum Gasteiger partial charge on any atom is 0.246 e. The molecule has 0 aliphatic rings. The first-order valence-electron chi connectivity index (χ1n) is 10.7. The van der Waals surface area contributed by atoms with Gasteiger partial charge in [-0.15, -0.1) is 11.8 Å². The number of aryl methyl sites for hydroxylation is 2. The number of aromatic nitrogens is 2. The van der Waals surface area contributed by atoms with Gasteiger partial charge in [-0.05, 0) is 50.8 Å². The van der Waals surface area contributed by atoms with Gasteiger partial charge in [0, 0.05) is 29.3 Å². The molecular weight excluding hydrogens is 432 g/mol. The fourth-order valence-electron chi connectivity index (χ4n) is 3.49. The zero-order chi connectivity index (χ0) is 24.0. The Labute approximate surface area is 199 Å². The molecule has 172 valence electrons. The number of para-hydroxylation sites is 1. The summed E-state index contributed by atoms with van der Waals surface area (Å²) < 4.78 is 1.95. The molecule has 0 aliphatic carbocycles. The van der Waals surface area contributed by atoms with Crippen LogP contribution in [0.2, 0.25) is 0 Å². The van der Waals surface area contributed by atoms with Crippen molar-refractivity contribution in [3.8, 4) is 0 Å². The van der Waals surface area contributed by atoms with Gasteiger partial charge in [0.2, 0.25) is 11.8 Å². The largest absolute Gasteiger partial charge is 0.333 e. The summed E-state index contributed by atoms with van der Waals surface area (Å²) in [5, 5.41) is 7.51. The topological polar surface area (TPSA) is 67.2 Å². The van der Waals surface area contributed by atoms with Crippen molar-refractivity contribution in [1.82, 2.24) is 14.7 Å². The summed E-state index contributed by atoms with van der Waals surface area (Å²) in [5.41, 5.74) is 5.91. The van der Waals surface area contributed by atoms with E-state index in [0.29, 0.717) is 6.54 Å². The Kier molecular flexibility index (Phi) is 8.11. The van der Waals surface area contributed by atoms with Crippen LogP contribution in [0.4, 0.5) is 5.69 Å². The number of thioether (sulfide) groups is 1. The van der Waals surface area contributed by atoms with Gasteiger partial charge >= 0.3 is 0 Å². The van der Waals surface area contributed by atoms with Gasteiger partial charge in [-0.2, -0.15) is 5.10 Å². The predicted molar refractivity (Wildman–Crippen MR) is 136 cm³/mol. The summed E-state index contributed by atoms with van der Waals surface area (Å²) in [6.07, 6.45) is 5.23. The van der Waals surface area contributed by atoms with Gasteiger partial charge in [-0.25, -0.2) is 0 Å². The van der Waals surface area contributed by atoms with E-state index in [2.05, 4.69) is 41.6 Å². The van der Waals surface area contributed by atoms with Crippen LogP contribution >= 0.6 is 11.8 Å². The number of nitrogens with zero attached hydrogens (tertiary/aromatic N) is 3. The molecule has 2 amide bonds. The lowest BCUT2D eigenvalue weighted by Crippen LogP contribution is -2.33. The molecule has 7 heteroatoms. The Morgan fingerprint density at radius 3 is 2.48 bits per heavy atom. The number of hydrogen-bond acceptors (Lipinski definition) is 4. The highest BCUT2D eigenvalue weighted by molar-refractivity contribution is 7.98. The molecule has 0 radical (unpaired) electrons. The first-order valence-corrected chi connectivity index (χ1v) is 12.0. The van der Waals surface area contributed by atoms with Crippen molar-refractivity contribution in [1.29, 1.82) is 0 Å². The van der Waals surface area contributed by atoms with Crippen LogP contribution in [-0.4, -0.2) is 46.3 Å². The normalized spacial score (nSPS) is 11.1. The summed E-state index contributed by atoms with van der Waals surface area (Å²) in [4.78, 5) is 27.4. The maximum absolute atomic E-state index is 12.6. The van der Waals surface area contributed by atoms with Crippen LogP contribution in [-0.2, 0) is 16.1 Å². The number of carbonyl (C=O) groups is 2. The molecule has 33 heavy (non-hydrogen) atoms. The Morgan fingerprint density at radius 1 is 1.09 bits per heavy atom. The fourth-order valence-corrected chi connectivity index (χ4v) is 4.04. The van der Waals surface area contributed by atoms with Crippen molar-refractivity contribution in [3.63, 3.8) is 0 Å². The average Bonchev–Trinajstić information content (AvgIpc) is 3.06. The predicted octanol–water partition coefficient (Wildman–Crippen LogP) is 4.69. The van der Waals surface area contributed by atoms with E-state index in [-0.39, 0.29) is 18.4 Å². The summed E-state index contributed by atoms with van der Waals surface area (Å²) in [6, 6.07) is 16.0. The highest BCUT2D eigenvalue weighted by atomic mass is 32.2. The second-order valence-corrected chi connectivity index (χ2v) is 8.85. The van der Waals surface area contributed by atoms with E-state index in [0.717, 1.165) is 27.5 Å². The molecule has 0 unspecified atom stereocenters. The summed E-state index contributed by atoms with van der Waals surface area (Å²) in [7, 11) is 1.62. The smallest absolute Gasteiger partial charge is 0.246 e. The van der Waals surface area contributed by atoms with E-state index in [4.69, 9.17) is 0 Å². The molecule has 0 bridgehead atoms. The standard InChI is InChI=1S/C26H30N4O2S/c1-18-10-12-21(13-11-18)16-30-20(3)22(19(2)28-30)14-15-26(32)29(4)17-25(31)27-23-8-6-7-9-24(23)33-5/h6-15H,16-17H2,1-5H3,(H,27,31)/b15-14+. The summed E-state index contributed by atoms with van der Waals surface area (Å²) in [5.74, 6) is -0.479. The maximum atomic E-state index is 12.6. The fraction of sp³-hybridized carbons (Fsp3) is 0.269. The summed E-state index contributed by atoms with van der Waals surface area (Å²) >= 11 is 1.56. The number of carbonyl (C=O) groups excluding carboxylic acids is 2. The van der Waals surface area contributed by atoms with Crippen molar-refractivity contribution in [2.45, 2.75) is 32.2 Å². The number of rotatable bonds is 8. The first kappa shape index (κ1) is 24.3. The Hall–Kier alpha value is -3.32. The van der Waals surface area contributed by atoms with Crippen LogP contribution < -0.4 is 5.32 Å². The quantitative estimate of drug-likeness (QED) is 0.390. The third-order valence-corrected chi connectivity index (χ3v) is 6.22. The lowest BCUT2D eigenvalue weighted by atomic mass is 10.1. The van der Waals surface area contributed by atoms with Crippen LogP contribution in [0.1, 0.15) is 28.1 Å². The number of likely N-dealkylation sites (N-methyl/N-ethyl adjacent to an activating group) is 1. The van der Waals surface area contributed by atoms with E-state index >= 15 is 0 Å². The van der Waals surface area contributed by atoms with E-state index in [1.807, 2.05) is 49.1 Å². The van der Waals surface area contributed by atoms with E-state index in [1.165, 1.54) is 22.1 Å². The molecule has 3 aromatic rings. The highest BCUT2D eigenvalue weighted by Gasteiger charge is 2.14. The average molecular weight is 463 g/mol. The Morgan fingerprint density at radius 2 is 1.79 bits per heavy atom. The molecule has 1 N–H and O–H groups in total. The Bertz CT molecular complexity index is 1170. The lowest BCUT2D eigenvalue weighted by Gasteiger charge is -2.16. The number of nitrogens with one attached hydrogen (secondary N) is 1. The number of hydrogen-bond donors (Lipinski definition) is 1. The zero-order valence-electron chi connectivity index (χ0n) is 19.8. The molecule has 3 rings (SSSR count). The van der Waals surface area contributed by atoms with Gasteiger partial charge in [0.1, 0.15) is 0 Å². The minimum Gasteiger partial charge on any atom is -0.333 e. The molecule has 1 heterocycles. The van der Waals surface area contributed by atoms with E-state index in [9.17, 15) is 9.59 Å². The molecule has 0 saturated carbocycles. The second-order valence-electron chi connectivity index (χ2n) is 8.00. The molecule has 1 aromatic heterocycles. The van der Waals surface area contributed by atoms with Gasteiger partial charge in [-0.1, -0.05) is 42.0 Å². The molecule has 0 saturated heterocycles. The Balaban J connectivity index is 1.63. The number of anilines is 1. The number of amides is 2. The third-order valence-electron chi connectivity index (χ3n) is 5.42. The second kappa shape index (κ2) is 11.0. The molecule has 0 spiro atoms. The molecular formula is C26H30N4O2S. The van der Waals surface area contributed by atoms with E-state index in [1.54, 1.807) is 24.9 Å². The van der Waals surface area contributed by atoms with Crippen LogP contribution in [0.3, 0.4) is 0 Å². The SMILES string of the molecule is CSc1ccccc1NC(=O)CN(C)C(=O)/C=C/c1c(C)nn(Cc2ccc(C)cc2)c1C. The molecule has 6 nitrogen and oxygen atoms in total. The summed E-state index contributed by atoms with van der Waals surface area (Å²) in [6.45, 7) is 6.64. The van der Waals surface area contributed by atoms with Crippen LogP contribution in [0.25, 0.3) is 6.08 Å². The van der Waals surface area contributed by atoms with Crippen LogP contribution in [0, 0.1) is 20.8 Å². The van der Waals surface area contributed by atoms with Crippen molar-refractivity contribution >= 4 is 35.3 Å². The minimum absolute atomic E-state index is 0.0312. The van der Waals surface area contributed by atoms with Gasteiger partial charge in [0.05, 0.1) is 24.5 Å². The van der Waals surface area contributed by atoms with Crippen molar-refractivity contribution in [3.05, 3.63) is 82.7 Å². The zero-order valence-corrected chi connectivity index (χ0v) is 20.6. The monoisotopic (exact) mass is 462 g/mol. The van der Waals surface area contributed by atoms with Gasteiger partial charge in [-0.3, -0.25) is 14.3 Å². The highest BCUT2D eigenvalue weighted by Crippen LogP contribution is 2.24. The van der Waals surface area contributed by atoms with Crippen molar-refractivity contribution < 1.29 is 9.59 Å². The van der Waals surface area contributed by atoms with Crippen molar-refractivity contribution in [2.75, 3.05) is 25.2 Å². The first-order chi connectivity index (χ1) is 15.8. The lowest BCUT2D eigenvalue weighted by molar-refractivity contribution is -0.129.